The van der Waals surface area contributed by atoms with Gasteiger partial charge in [0.15, 0.2) is 0 Å². The zero-order chi connectivity index (χ0) is 21.3. The second kappa shape index (κ2) is 7.95. The van der Waals surface area contributed by atoms with Gasteiger partial charge in [-0.2, -0.15) is 5.10 Å². The number of nitrogens with one attached hydrogen (secondary N) is 1. The van der Waals surface area contributed by atoms with Gasteiger partial charge < -0.3 is 5.32 Å². The number of carbonyl (C=O) groups is 1. The van der Waals surface area contributed by atoms with Crippen LogP contribution in [0.15, 0.2) is 71.8 Å². The first kappa shape index (κ1) is 20.2. The van der Waals surface area contributed by atoms with Crippen molar-refractivity contribution < 1.29 is 13.2 Å². The van der Waals surface area contributed by atoms with Gasteiger partial charge in [0.05, 0.1) is 22.8 Å². The van der Waals surface area contributed by atoms with Crippen molar-refractivity contribution in [2.45, 2.75) is 30.7 Å². The standard InChI is InChI=1S/C22H24N4O3S/c1-16(17-11-12-17)26-21(13-14-23-26)24-22(27)18-7-6-10-20(15-18)30(28,29)25(2)19-8-4-3-5-9-19/h3-10,13-17H,11-12H2,1-2H3,(H,24,27)/t16-/m0/s1. The van der Waals surface area contributed by atoms with E-state index in [1.54, 1.807) is 48.7 Å². The largest absolute Gasteiger partial charge is 0.307 e. The number of benzene rings is 2. The van der Waals surface area contributed by atoms with E-state index in [0.717, 1.165) is 0 Å². The molecule has 7 nitrogen and oxygen atoms in total. The third-order valence-electron chi connectivity index (χ3n) is 5.48. The normalized spacial score (nSPS) is 14.9. The zero-order valence-corrected chi connectivity index (χ0v) is 17.7. The number of para-hydroxylation sites is 1. The van der Waals surface area contributed by atoms with Crippen molar-refractivity contribution in [2.24, 2.45) is 5.92 Å². The van der Waals surface area contributed by atoms with E-state index in [1.807, 2.05) is 10.7 Å². The van der Waals surface area contributed by atoms with Crippen molar-refractivity contribution in [3.05, 3.63) is 72.4 Å². The lowest BCUT2D eigenvalue weighted by atomic mass is 10.2. The van der Waals surface area contributed by atoms with Crippen LogP contribution in [0.1, 0.15) is 36.2 Å². The Bertz CT molecular complexity index is 1150. The van der Waals surface area contributed by atoms with Crippen LogP contribution in [0.4, 0.5) is 11.5 Å². The van der Waals surface area contributed by atoms with Gasteiger partial charge in [0.25, 0.3) is 15.9 Å². The van der Waals surface area contributed by atoms with Crippen LogP contribution in [0.5, 0.6) is 0 Å². The van der Waals surface area contributed by atoms with Gasteiger partial charge in [-0.15, -0.1) is 0 Å². The molecule has 0 saturated heterocycles. The van der Waals surface area contributed by atoms with Crippen LogP contribution in [-0.2, 0) is 10.0 Å². The Balaban J connectivity index is 1.56. The van der Waals surface area contributed by atoms with E-state index < -0.39 is 10.0 Å². The summed E-state index contributed by atoms with van der Waals surface area (Å²) in [6, 6.07) is 16.8. The molecule has 1 saturated carbocycles. The van der Waals surface area contributed by atoms with Gasteiger partial charge in [-0.3, -0.25) is 9.10 Å². The van der Waals surface area contributed by atoms with E-state index in [-0.39, 0.29) is 22.4 Å². The highest BCUT2D eigenvalue weighted by Crippen LogP contribution is 2.40. The molecule has 1 amide bonds. The molecule has 4 rings (SSSR count). The number of amides is 1. The summed E-state index contributed by atoms with van der Waals surface area (Å²) in [7, 11) is -2.30. The molecule has 1 N–H and O–H groups in total. The molecule has 1 aliphatic carbocycles. The quantitative estimate of drug-likeness (QED) is 0.623. The van der Waals surface area contributed by atoms with Crippen molar-refractivity contribution >= 4 is 27.4 Å². The van der Waals surface area contributed by atoms with E-state index in [4.69, 9.17) is 0 Å². The Morgan fingerprint density at radius 3 is 2.57 bits per heavy atom. The summed E-state index contributed by atoms with van der Waals surface area (Å²) in [5, 5.41) is 7.20. The molecule has 0 bridgehead atoms. The van der Waals surface area contributed by atoms with Crippen molar-refractivity contribution in [3.63, 3.8) is 0 Å². The van der Waals surface area contributed by atoms with Gasteiger partial charge in [0.1, 0.15) is 5.82 Å². The molecule has 1 fully saturated rings. The fourth-order valence-electron chi connectivity index (χ4n) is 3.44. The molecule has 1 atom stereocenters. The Morgan fingerprint density at radius 2 is 1.87 bits per heavy atom. The molecule has 8 heteroatoms. The number of nitrogens with zero attached hydrogens (tertiary/aromatic N) is 3. The molecular weight excluding hydrogens is 400 g/mol. The number of aromatic nitrogens is 2. The third-order valence-corrected chi connectivity index (χ3v) is 7.26. The highest BCUT2D eigenvalue weighted by atomic mass is 32.2. The minimum absolute atomic E-state index is 0.0568. The number of rotatable bonds is 7. The van der Waals surface area contributed by atoms with Crippen LogP contribution in [0.25, 0.3) is 0 Å². The molecule has 0 unspecified atom stereocenters. The average Bonchev–Trinajstić information content (AvgIpc) is 3.52. The van der Waals surface area contributed by atoms with E-state index in [2.05, 4.69) is 17.3 Å². The molecule has 2 aromatic carbocycles. The summed E-state index contributed by atoms with van der Waals surface area (Å²) >= 11 is 0. The fourth-order valence-corrected chi connectivity index (χ4v) is 4.68. The molecule has 1 aromatic heterocycles. The van der Waals surface area contributed by atoms with Crippen LogP contribution in [0, 0.1) is 5.92 Å². The maximum atomic E-state index is 13.0. The molecule has 0 radical (unpaired) electrons. The Labute approximate surface area is 176 Å². The first-order chi connectivity index (χ1) is 14.4. The number of carbonyl (C=O) groups excluding carboxylic acids is 1. The number of sulfonamides is 1. The lowest BCUT2D eigenvalue weighted by Gasteiger charge is -2.20. The number of hydrogen-bond acceptors (Lipinski definition) is 4. The third kappa shape index (κ3) is 3.95. The monoisotopic (exact) mass is 424 g/mol. The first-order valence-corrected chi connectivity index (χ1v) is 11.3. The summed E-state index contributed by atoms with van der Waals surface area (Å²) in [6.45, 7) is 2.09. The highest BCUT2D eigenvalue weighted by molar-refractivity contribution is 7.92. The minimum atomic E-state index is -3.80. The molecule has 30 heavy (non-hydrogen) atoms. The van der Waals surface area contributed by atoms with Gasteiger partial charge in [-0.05, 0) is 56.0 Å². The molecule has 1 aliphatic rings. The van der Waals surface area contributed by atoms with Crippen LogP contribution < -0.4 is 9.62 Å². The molecular formula is C22H24N4O3S. The lowest BCUT2D eigenvalue weighted by molar-refractivity contribution is 0.102. The lowest BCUT2D eigenvalue weighted by Crippen LogP contribution is -2.27. The SMILES string of the molecule is C[C@@H](C1CC1)n1nccc1NC(=O)c1cccc(S(=O)(=O)N(C)c2ccccc2)c1. The van der Waals surface area contributed by atoms with Gasteiger partial charge >= 0.3 is 0 Å². The van der Waals surface area contributed by atoms with Crippen molar-refractivity contribution in [1.82, 2.24) is 9.78 Å². The van der Waals surface area contributed by atoms with Crippen LogP contribution in [-0.4, -0.2) is 31.2 Å². The smallest absolute Gasteiger partial charge is 0.264 e. The number of hydrogen-bond donors (Lipinski definition) is 1. The Kier molecular flexibility index (Phi) is 5.34. The maximum Gasteiger partial charge on any atom is 0.264 e. The Morgan fingerprint density at radius 1 is 1.13 bits per heavy atom. The molecule has 0 spiro atoms. The van der Waals surface area contributed by atoms with E-state index in [0.29, 0.717) is 17.4 Å². The maximum absolute atomic E-state index is 13.0. The second-order valence-electron chi connectivity index (χ2n) is 7.53. The van der Waals surface area contributed by atoms with Crippen LogP contribution in [0.3, 0.4) is 0 Å². The van der Waals surface area contributed by atoms with Gasteiger partial charge in [0, 0.05) is 18.7 Å². The zero-order valence-electron chi connectivity index (χ0n) is 16.9. The highest BCUT2D eigenvalue weighted by Gasteiger charge is 2.31. The second-order valence-corrected chi connectivity index (χ2v) is 9.50. The fraction of sp³-hybridized carbons (Fsp3) is 0.273. The summed E-state index contributed by atoms with van der Waals surface area (Å²) in [6.07, 6.45) is 4.00. The van der Waals surface area contributed by atoms with E-state index >= 15 is 0 Å². The summed E-state index contributed by atoms with van der Waals surface area (Å²) in [5.41, 5.74) is 0.815. The van der Waals surface area contributed by atoms with E-state index in [1.165, 1.54) is 36.3 Å². The topological polar surface area (TPSA) is 84.3 Å². The summed E-state index contributed by atoms with van der Waals surface area (Å²) in [5.74, 6) is 0.816. The van der Waals surface area contributed by atoms with Crippen molar-refractivity contribution in [3.8, 4) is 0 Å². The van der Waals surface area contributed by atoms with Gasteiger partial charge in [-0.25, -0.2) is 13.1 Å². The van der Waals surface area contributed by atoms with Crippen LogP contribution in [0.2, 0.25) is 0 Å². The molecule has 0 aliphatic heterocycles. The van der Waals surface area contributed by atoms with Crippen molar-refractivity contribution in [2.75, 3.05) is 16.7 Å². The van der Waals surface area contributed by atoms with Gasteiger partial charge in [0.2, 0.25) is 0 Å². The van der Waals surface area contributed by atoms with Crippen molar-refractivity contribution in [1.29, 1.82) is 0 Å². The predicted octanol–water partition coefficient (Wildman–Crippen LogP) is 3.93. The average molecular weight is 425 g/mol. The summed E-state index contributed by atoms with van der Waals surface area (Å²) < 4.78 is 29.1. The molecule has 1 heterocycles. The number of anilines is 2. The molecule has 156 valence electrons. The van der Waals surface area contributed by atoms with Crippen LogP contribution >= 0.6 is 0 Å². The predicted molar refractivity (Wildman–Crippen MR) is 116 cm³/mol. The Hall–Kier alpha value is -3.13. The van der Waals surface area contributed by atoms with E-state index in [9.17, 15) is 13.2 Å². The van der Waals surface area contributed by atoms with Gasteiger partial charge in [-0.1, -0.05) is 24.3 Å². The first-order valence-electron chi connectivity index (χ1n) is 9.87. The minimum Gasteiger partial charge on any atom is -0.307 e. The summed E-state index contributed by atoms with van der Waals surface area (Å²) in [4.78, 5) is 12.9. The molecule has 3 aromatic rings.